The quantitative estimate of drug-likeness (QED) is 0.842. The highest BCUT2D eigenvalue weighted by molar-refractivity contribution is 5.44. The molecule has 0 bridgehead atoms. The third-order valence-electron chi connectivity index (χ3n) is 4.67. The normalized spacial score (nSPS) is 18.4. The maximum atomic E-state index is 4.72. The van der Waals surface area contributed by atoms with Crippen molar-refractivity contribution in [3.8, 4) is 0 Å². The molecule has 0 aromatic carbocycles. The Labute approximate surface area is 144 Å². The lowest BCUT2D eigenvalue weighted by Gasteiger charge is -2.34. The van der Waals surface area contributed by atoms with Gasteiger partial charge in [-0.05, 0) is 40.8 Å². The molecular formula is C18H28N6. The van der Waals surface area contributed by atoms with Gasteiger partial charge in [0, 0.05) is 50.7 Å². The highest BCUT2D eigenvalue weighted by atomic mass is 15.2. The molecule has 0 N–H and O–H groups in total. The fraction of sp³-hybridized carbons (Fsp3) is 0.611. The molecular weight excluding hydrogens is 300 g/mol. The topological polar surface area (TPSA) is 50.1 Å². The fourth-order valence-electron chi connectivity index (χ4n) is 3.38. The standard InChI is InChI=1S/C18H28N6/c1-14-12-20-15(2)17(21-14)24-8-5-6-16(13-24)18-19-7-9-23(18)11-10-22(3)4/h7,9,12,16H,5-6,8,10-11,13H2,1-4H3. The zero-order chi connectivity index (χ0) is 17.1. The van der Waals surface area contributed by atoms with Gasteiger partial charge in [0.2, 0.25) is 0 Å². The van der Waals surface area contributed by atoms with Gasteiger partial charge in [-0.15, -0.1) is 0 Å². The maximum absolute atomic E-state index is 4.72. The molecule has 3 rings (SSSR count). The summed E-state index contributed by atoms with van der Waals surface area (Å²) < 4.78 is 2.31. The second-order valence-corrected chi connectivity index (χ2v) is 6.99. The maximum Gasteiger partial charge on any atom is 0.150 e. The van der Waals surface area contributed by atoms with Crippen molar-refractivity contribution in [1.29, 1.82) is 0 Å². The predicted molar refractivity (Wildman–Crippen MR) is 96.5 cm³/mol. The molecule has 1 fully saturated rings. The summed E-state index contributed by atoms with van der Waals surface area (Å²) in [6.45, 7) is 8.09. The van der Waals surface area contributed by atoms with Crippen LogP contribution in [-0.2, 0) is 6.54 Å². The van der Waals surface area contributed by atoms with Crippen LogP contribution in [0.3, 0.4) is 0 Å². The summed E-state index contributed by atoms with van der Waals surface area (Å²) in [7, 11) is 4.22. The summed E-state index contributed by atoms with van der Waals surface area (Å²) in [6, 6.07) is 0. The van der Waals surface area contributed by atoms with Crippen LogP contribution in [-0.4, -0.2) is 58.1 Å². The van der Waals surface area contributed by atoms with Gasteiger partial charge in [-0.1, -0.05) is 0 Å². The molecule has 1 atom stereocenters. The smallest absolute Gasteiger partial charge is 0.150 e. The Bertz CT molecular complexity index is 678. The van der Waals surface area contributed by atoms with Crippen LogP contribution in [0, 0.1) is 13.8 Å². The van der Waals surface area contributed by atoms with Crippen LogP contribution in [0.25, 0.3) is 0 Å². The number of aromatic nitrogens is 4. The van der Waals surface area contributed by atoms with E-state index in [1.165, 1.54) is 18.7 Å². The van der Waals surface area contributed by atoms with E-state index < -0.39 is 0 Å². The number of nitrogens with zero attached hydrogens (tertiary/aromatic N) is 6. The van der Waals surface area contributed by atoms with Gasteiger partial charge >= 0.3 is 0 Å². The molecule has 130 valence electrons. The number of likely N-dealkylation sites (N-methyl/N-ethyl adjacent to an activating group) is 1. The van der Waals surface area contributed by atoms with Gasteiger partial charge in [0.25, 0.3) is 0 Å². The van der Waals surface area contributed by atoms with Crippen molar-refractivity contribution in [1.82, 2.24) is 24.4 Å². The Morgan fingerprint density at radius 3 is 2.88 bits per heavy atom. The number of anilines is 1. The second-order valence-electron chi connectivity index (χ2n) is 6.99. The molecule has 0 aliphatic carbocycles. The first-order valence-electron chi connectivity index (χ1n) is 8.75. The fourth-order valence-corrected chi connectivity index (χ4v) is 3.38. The number of piperidine rings is 1. The van der Waals surface area contributed by atoms with Crippen molar-refractivity contribution in [2.75, 3.05) is 38.6 Å². The molecule has 0 saturated carbocycles. The van der Waals surface area contributed by atoms with Crippen LogP contribution in [0.1, 0.15) is 36.0 Å². The lowest BCUT2D eigenvalue weighted by atomic mass is 9.97. The number of rotatable bonds is 5. The van der Waals surface area contributed by atoms with E-state index in [0.717, 1.165) is 43.4 Å². The van der Waals surface area contributed by atoms with Gasteiger partial charge in [-0.2, -0.15) is 0 Å². The largest absolute Gasteiger partial charge is 0.354 e. The van der Waals surface area contributed by atoms with Crippen LogP contribution >= 0.6 is 0 Å². The van der Waals surface area contributed by atoms with Crippen molar-refractivity contribution >= 4 is 5.82 Å². The Hall–Kier alpha value is -1.95. The molecule has 1 unspecified atom stereocenters. The summed E-state index contributed by atoms with van der Waals surface area (Å²) in [5, 5.41) is 0. The minimum atomic E-state index is 0.456. The van der Waals surface area contributed by atoms with Gasteiger partial charge in [0.1, 0.15) is 11.6 Å². The van der Waals surface area contributed by atoms with Crippen LogP contribution < -0.4 is 4.90 Å². The zero-order valence-corrected chi connectivity index (χ0v) is 15.2. The minimum Gasteiger partial charge on any atom is -0.354 e. The lowest BCUT2D eigenvalue weighted by Crippen LogP contribution is -2.36. The molecule has 0 amide bonds. The Balaban J connectivity index is 1.76. The first kappa shape index (κ1) is 16.9. The summed E-state index contributed by atoms with van der Waals surface area (Å²) in [5.74, 6) is 2.70. The van der Waals surface area contributed by atoms with E-state index in [1.807, 2.05) is 26.2 Å². The molecule has 6 nitrogen and oxygen atoms in total. The molecule has 2 aromatic rings. The predicted octanol–water partition coefficient (Wildman–Crippen LogP) is 2.24. The molecule has 0 spiro atoms. The minimum absolute atomic E-state index is 0.456. The van der Waals surface area contributed by atoms with Gasteiger partial charge in [-0.3, -0.25) is 4.98 Å². The molecule has 0 radical (unpaired) electrons. The van der Waals surface area contributed by atoms with Crippen molar-refractivity contribution in [3.63, 3.8) is 0 Å². The van der Waals surface area contributed by atoms with E-state index in [2.05, 4.69) is 44.6 Å². The summed E-state index contributed by atoms with van der Waals surface area (Å²) in [4.78, 5) is 18.5. The first-order chi connectivity index (χ1) is 11.5. The highest BCUT2D eigenvalue weighted by Crippen LogP contribution is 2.29. The van der Waals surface area contributed by atoms with Gasteiger partial charge < -0.3 is 14.4 Å². The van der Waals surface area contributed by atoms with Crippen LogP contribution in [0.2, 0.25) is 0 Å². The summed E-state index contributed by atoms with van der Waals surface area (Å²) in [5.41, 5.74) is 1.99. The first-order valence-corrected chi connectivity index (χ1v) is 8.75. The molecule has 1 aliphatic rings. The molecule has 3 heterocycles. The molecule has 1 aliphatic heterocycles. The molecule has 6 heteroatoms. The second kappa shape index (κ2) is 7.30. The van der Waals surface area contributed by atoms with Crippen LogP contribution in [0.5, 0.6) is 0 Å². The third-order valence-corrected chi connectivity index (χ3v) is 4.67. The number of aryl methyl sites for hydroxylation is 2. The van der Waals surface area contributed by atoms with Gasteiger partial charge in [0.05, 0.1) is 11.4 Å². The van der Waals surface area contributed by atoms with E-state index in [4.69, 9.17) is 4.98 Å². The molecule has 2 aromatic heterocycles. The average molecular weight is 328 g/mol. The van der Waals surface area contributed by atoms with Crippen molar-refractivity contribution < 1.29 is 0 Å². The summed E-state index contributed by atoms with van der Waals surface area (Å²) >= 11 is 0. The third kappa shape index (κ3) is 3.75. The number of hydrogen-bond donors (Lipinski definition) is 0. The van der Waals surface area contributed by atoms with Crippen LogP contribution in [0.4, 0.5) is 5.82 Å². The molecule has 1 saturated heterocycles. The van der Waals surface area contributed by atoms with Crippen LogP contribution in [0.15, 0.2) is 18.6 Å². The lowest BCUT2D eigenvalue weighted by molar-refractivity contribution is 0.373. The Morgan fingerprint density at radius 2 is 2.08 bits per heavy atom. The van der Waals surface area contributed by atoms with Crippen molar-refractivity contribution in [2.24, 2.45) is 0 Å². The van der Waals surface area contributed by atoms with E-state index >= 15 is 0 Å². The van der Waals surface area contributed by atoms with Crippen molar-refractivity contribution in [2.45, 2.75) is 39.2 Å². The zero-order valence-electron chi connectivity index (χ0n) is 15.2. The van der Waals surface area contributed by atoms with Gasteiger partial charge in [0.15, 0.2) is 0 Å². The SMILES string of the molecule is Cc1cnc(C)c(N2CCCC(c3nccn3CCN(C)C)C2)n1. The Morgan fingerprint density at radius 1 is 1.25 bits per heavy atom. The monoisotopic (exact) mass is 328 g/mol. The number of imidazole rings is 1. The van der Waals surface area contributed by atoms with Gasteiger partial charge in [-0.25, -0.2) is 9.97 Å². The van der Waals surface area contributed by atoms with Crippen molar-refractivity contribution in [3.05, 3.63) is 35.8 Å². The summed E-state index contributed by atoms with van der Waals surface area (Å²) in [6.07, 6.45) is 8.24. The van der Waals surface area contributed by atoms with E-state index in [0.29, 0.717) is 5.92 Å². The Kier molecular flexibility index (Phi) is 5.14. The van der Waals surface area contributed by atoms with E-state index in [-0.39, 0.29) is 0 Å². The highest BCUT2D eigenvalue weighted by Gasteiger charge is 2.26. The van der Waals surface area contributed by atoms with E-state index in [1.54, 1.807) is 0 Å². The molecule has 24 heavy (non-hydrogen) atoms. The van der Waals surface area contributed by atoms with E-state index in [9.17, 15) is 0 Å². The average Bonchev–Trinajstić information content (AvgIpc) is 3.04. The number of hydrogen-bond acceptors (Lipinski definition) is 5.